The van der Waals surface area contributed by atoms with Crippen LogP contribution in [0.3, 0.4) is 0 Å². The van der Waals surface area contributed by atoms with Crippen molar-refractivity contribution in [1.29, 1.82) is 0 Å². The fourth-order valence-corrected chi connectivity index (χ4v) is 4.00. The van der Waals surface area contributed by atoms with Gasteiger partial charge >= 0.3 is 5.97 Å². The number of anilines is 2. The Morgan fingerprint density at radius 3 is 2.68 bits per heavy atom. The molecular formula is C11H16N2O4S2. The molecule has 0 radical (unpaired) electrons. The van der Waals surface area contributed by atoms with Gasteiger partial charge in [0.2, 0.25) is 0 Å². The lowest BCUT2D eigenvalue weighted by atomic mass is 10.4. The number of hydrogen-bond donors (Lipinski definition) is 2. The predicted octanol–water partition coefficient (Wildman–Crippen LogP) is 1.51. The van der Waals surface area contributed by atoms with E-state index in [4.69, 9.17) is 5.73 Å². The van der Waals surface area contributed by atoms with Gasteiger partial charge in [0.1, 0.15) is 14.8 Å². The number of sulfone groups is 1. The standard InChI is InChI=1S/C11H16N2O4S2/c1-4-6-13-10-9(19(15,16)5-2)7(12)8(18-10)11(14)17-3/h4,13H,1,5-6,12H2,2-3H3. The smallest absolute Gasteiger partial charge is 0.350 e. The highest BCUT2D eigenvalue weighted by atomic mass is 32.2. The lowest BCUT2D eigenvalue weighted by molar-refractivity contribution is 0.0607. The first-order valence-electron chi connectivity index (χ1n) is 5.47. The molecule has 8 heteroatoms. The van der Waals surface area contributed by atoms with Crippen molar-refractivity contribution in [3.63, 3.8) is 0 Å². The van der Waals surface area contributed by atoms with Gasteiger partial charge in [-0.05, 0) is 0 Å². The van der Waals surface area contributed by atoms with Crippen LogP contribution >= 0.6 is 11.3 Å². The molecule has 0 spiro atoms. The Kier molecular flexibility index (Phi) is 4.96. The molecule has 0 bridgehead atoms. The molecule has 0 aliphatic rings. The average molecular weight is 304 g/mol. The molecule has 1 aromatic rings. The molecule has 0 aliphatic heterocycles. The summed E-state index contributed by atoms with van der Waals surface area (Å²) in [5.41, 5.74) is 5.71. The average Bonchev–Trinajstić information content (AvgIpc) is 2.73. The molecule has 1 aromatic heterocycles. The zero-order chi connectivity index (χ0) is 14.6. The lowest BCUT2D eigenvalue weighted by Crippen LogP contribution is -2.10. The number of nitrogens with two attached hydrogens (primary N) is 1. The molecule has 3 N–H and O–H groups in total. The molecule has 0 saturated carbocycles. The van der Waals surface area contributed by atoms with E-state index in [2.05, 4.69) is 16.6 Å². The van der Waals surface area contributed by atoms with Gasteiger partial charge in [-0.2, -0.15) is 0 Å². The summed E-state index contributed by atoms with van der Waals surface area (Å²) in [6, 6.07) is 0. The minimum atomic E-state index is -3.53. The minimum Gasteiger partial charge on any atom is -0.465 e. The van der Waals surface area contributed by atoms with E-state index in [-0.39, 0.29) is 21.2 Å². The summed E-state index contributed by atoms with van der Waals surface area (Å²) in [6.45, 7) is 5.42. The van der Waals surface area contributed by atoms with Crippen molar-refractivity contribution in [3.8, 4) is 0 Å². The first kappa shape index (κ1) is 15.5. The maximum Gasteiger partial charge on any atom is 0.350 e. The second-order valence-corrected chi connectivity index (χ2v) is 6.80. The molecule has 0 aliphatic carbocycles. The van der Waals surface area contributed by atoms with Crippen LogP contribution in [0.15, 0.2) is 17.6 Å². The van der Waals surface area contributed by atoms with E-state index in [9.17, 15) is 13.2 Å². The Bertz CT molecular complexity index is 590. The van der Waals surface area contributed by atoms with Crippen LogP contribution in [0.1, 0.15) is 16.6 Å². The van der Waals surface area contributed by atoms with Crippen LogP contribution in [0.2, 0.25) is 0 Å². The number of rotatable bonds is 6. The summed E-state index contributed by atoms with van der Waals surface area (Å²) in [4.78, 5) is 11.6. The summed E-state index contributed by atoms with van der Waals surface area (Å²) < 4.78 is 28.7. The van der Waals surface area contributed by atoms with Crippen LogP contribution in [0.4, 0.5) is 10.7 Å². The second-order valence-electron chi connectivity index (χ2n) is 3.57. The summed E-state index contributed by atoms with van der Waals surface area (Å²) in [5.74, 6) is -0.751. The molecular weight excluding hydrogens is 288 g/mol. The summed E-state index contributed by atoms with van der Waals surface area (Å²) in [6.07, 6.45) is 1.58. The number of hydrogen-bond acceptors (Lipinski definition) is 7. The molecule has 0 saturated heterocycles. The molecule has 0 unspecified atom stereocenters. The van der Waals surface area contributed by atoms with Crippen LogP contribution in [-0.4, -0.2) is 33.8 Å². The highest BCUT2D eigenvalue weighted by molar-refractivity contribution is 7.91. The van der Waals surface area contributed by atoms with E-state index in [1.807, 2.05) is 0 Å². The number of nitrogens with one attached hydrogen (secondary N) is 1. The summed E-state index contributed by atoms with van der Waals surface area (Å²) in [5, 5.41) is 3.21. The quantitative estimate of drug-likeness (QED) is 0.610. The van der Waals surface area contributed by atoms with E-state index >= 15 is 0 Å². The Morgan fingerprint density at radius 2 is 2.21 bits per heavy atom. The van der Waals surface area contributed by atoms with Crippen molar-refractivity contribution in [2.45, 2.75) is 11.8 Å². The first-order chi connectivity index (χ1) is 8.88. The summed E-state index contributed by atoms with van der Waals surface area (Å²) >= 11 is 0.963. The van der Waals surface area contributed by atoms with E-state index < -0.39 is 15.8 Å². The van der Waals surface area contributed by atoms with E-state index in [1.165, 1.54) is 14.0 Å². The largest absolute Gasteiger partial charge is 0.465 e. The van der Waals surface area contributed by atoms with Gasteiger partial charge in [0, 0.05) is 6.54 Å². The van der Waals surface area contributed by atoms with Crippen LogP contribution in [0.5, 0.6) is 0 Å². The highest BCUT2D eigenvalue weighted by Crippen LogP contribution is 2.39. The molecule has 19 heavy (non-hydrogen) atoms. The number of esters is 1. The maximum atomic E-state index is 12.0. The zero-order valence-electron chi connectivity index (χ0n) is 10.7. The fourth-order valence-electron chi connectivity index (χ4n) is 1.41. The van der Waals surface area contributed by atoms with Gasteiger partial charge in [0.15, 0.2) is 9.84 Å². The van der Waals surface area contributed by atoms with Gasteiger partial charge in [0.25, 0.3) is 0 Å². The van der Waals surface area contributed by atoms with E-state index in [1.54, 1.807) is 6.08 Å². The first-order valence-corrected chi connectivity index (χ1v) is 7.94. The van der Waals surface area contributed by atoms with Crippen LogP contribution in [0, 0.1) is 0 Å². The topological polar surface area (TPSA) is 98.5 Å². The van der Waals surface area contributed by atoms with Gasteiger partial charge in [-0.1, -0.05) is 13.0 Å². The van der Waals surface area contributed by atoms with Crippen molar-refractivity contribution in [1.82, 2.24) is 0 Å². The fraction of sp³-hybridized carbons (Fsp3) is 0.364. The lowest BCUT2D eigenvalue weighted by Gasteiger charge is -2.05. The third-order valence-corrected chi connectivity index (χ3v) is 5.45. The highest BCUT2D eigenvalue weighted by Gasteiger charge is 2.28. The number of thiophene rings is 1. The van der Waals surface area contributed by atoms with Gasteiger partial charge in [-0.15, -0.1) is 17.9 Å². The predicted molar refractivity (Wildman–Crippen MR) is 76.5 cm³/mol. The third-order valence-electron chi connectivity index (χ3n) is 2.37. The molecule has 0 amide bonds. The second kappa shape index (κ2) is 6.07. The van der Waals surface area contributed by atoms with Gasteiger partial charge in [-0.25, -0.2) is 13.2 Å². The molecule has 6 nitrogen and oxygen atoms in total. The Labute approximate surface area is 116 Å². The normalized spacial score (nSPS) is 11.1. The number of carbonyl (C=O) groups excluding carboxylic acids is 1. The summed E-state index contributed by atoms with van der Waals surface area (Å²) in [7, 11) is -2.32. The van der Waals surface area contributed by atoms with Crippen molar-refractivity contribution in [3.05, 3.63) is 17.5 Å². The van der Waals surface area contributed by atoms with Crippen molar-refractivity contribution in [2.24, 2.45) is 0 Å². The van der Waals surface area contributed by atoms with Gasteiger partial charge < -0.3 is 15.8 Å². The minimum absolute atomic E-state index is 0.0396. The maximum absolute atomic E-state index is 12.0. The van der Waals surface area contributed by atoms with Gasteiger partial charge in [0.05, 0.1) is 18.6 Å². The Balaban J connectivity index is 3.44. The van der Waals surface area contributed by atoms with E-state index in [0.29, 0.717) is 11.5 Å². The number of carbonyl (C=O) groups is 1. The molecule has 0 aromatic carbocycles. The molecule has 106 valence electrons. The van der Waals surface area contributed by atoms with Gasteiger partial charge in [-0.3, -0.25) is 0 Å². The molecule has 0 atom stereocenters. The molecule has 1 rings (SSSR count). The SMILES string of the molecule is C=CCNc1sc(C(=O)OC)c(N)c1S(=O)(=O)CC. The number of methoxy groups -OCH3 is 1. The van der Waals surface area contributed by atoms with Crippen molar-refractivity contribution < 1.29 is 17.9 Å². The molecule has 1 heterocycles. The number of nitrogen functional groups attached to an aromatic ring is 1. The van der Waals surface area contributed by atoms with Crippen LogP contribution in [-0.2, 0) is 14.6 Å². The monoisotopic (exact) mass is 304 g/mol. The Hall–Kier alpha value is -1.54. The van der Waals surface area contributed by atoms with Crippen molar-refractivity contribution in [2.75, 3.05) is 30.5 Å². The van der Waals surface area contributed by atoms with E-state index in [0.717, 1.165) is 11.3 Å². The Morgan fingerprint density at radius 1 is 1.58 bits per heavy atom. The number of ether oxygens (including phenoxy) is 1. The van der Waals surface area contributed by atoms with Crippen LogP contribution < -0.4 is 11.1 Å². The molecule has 0 fully saturated rings. The third kappa shape index (κ3) is 3.07. The van der Waals surface area contributed by atoms with Crippen LogP contribution in [0.25, 0.3) is 0 Å². The van der Waals surface area contributed by atoms with Crippen molar-refractivity contribution >= 4 is 37.8 Å². The zero-order valence-corrected chi connectivity index (χ0v) is 12.4.